The number of nitrogens with zero attached hydrogens (tertiary/aromatic N) is 2. The Morgan fingerprint density at radius 1 is 0.830 bits per heavy atom. The summed E-state index contributed by atoms with van der Waals surface area (Å²) < 4.78 is 29.4. The van der Waals surface area contributed by atoms with E-state index in [2.05, 4.69) is 5.32 Å². The Labute approximate surface area is 291 Å². The van der Waals surface area contributed by atoms with Crippen LogP contribution in [0, 0.1) is 6.92 Å². The topological polar surface area (TPSA) is 86.8 Å². The molecular formula is C36H36Cl3N3O4S. The van der Waals surface area contributed by atoms with E-state index in [1.807, 2.05) is 37.3 Å². The fraction of sp³-hybridized carbons (Fsp3) is 0.278. The van der Waals surface area contributed by atoms with Crippen molar-refractivity contribution in [3.05, 3.63) is 129 Å². The van der Waals surface area contributed by atoms with Gasteiger partial charge in [0.1, 0.15) is 12.6 Å². The zero-order valence-corrected chi connectivity index (χ0v) is 29.0. The summed E-state index contributed by atoms with van der Waals surface area (Å²) >= 11 is 18.7. The molecule has 0 aliphatic heterocycles. The highest BCUT2D eigenvalue weighted by Crippen LogP contribution is 2.31. The summed E-state index contributed by atoms with van der Waals surface area (Å²) in [4.78, 5) is 30.2. The second-order valence-electron chi connectivity index (χ2n) is 11.8. The number of halogens is 3. The van der Waals surface area contributed by atoms with Crippen LogP contribution in [0.1, 0.15) is 42.4 Å². The van der Waals surface area contributed by atoms with Crippen LogP contribution in [-0.2, 0) is 32.6 Å². The summed E-state index contributed by atoms with van der Waals surface area (Å²) in [6, 6.07) is 26.4. The van der Waals surface area contributed by atoms with Crippen molar-refractivity contribution in [1.29, 1.82) is 0 Å². The maximum absolute atomic E-state index is 14.6. The first-order chi connectivity index (χ1) is 22.5. The van der Waals surface area contributed by atoms with Crippen molar-refractivity contribution in [3.8, 4) is 0 Å². The highest BCUT2D eigenvalue weighted by Gasteiger charge is 2.35. The van der Waals surface area contributed by atoms with E-state index in [0.29, 0.717) is 5.02 Å². The Morgan fingerprint density at radius 3 is 2.13 bits per heavy atom. The first-order valence-corrected chi connectivity index (χ1v) is 18.0. The number of benzene rings is 4. The van der Waals surface area contributed by atoms with Crippen molar-refractivity contribution in [2.75, 3.05) is 10.8 Å². The van der Waals surface area contributed by atoms with Crippen LogP contribution in [0.15, 0.2) is 102 Å². The van der Waals surface area contributed by atoms with Crippen LogP contribution >= 0.6 is 34.8 Å². The molecule has 1 saturated carbocycles. The lowest BCUT2D eigenvalue weighted by molar-refractivity contribution is -0.140. The molecule has 4 aromatic rings. The Bertz CT molecular complexity index is 1800. The molecule has 0 radical (unpaired) electrons. The van der Waals surface area contributed by atoms with Crippen LogP contribution in [-0.4, -0.2) is 43.8 Å². The Hall–Kier alpha value is -3.56. The van der Waals surface area contributed by atoms with Gasteiger partial charge >= 0.3 is 0 Å². The molecule has 0 spiro atoms. The summed E-state index contributed by atoms with van der Waals surface area (Å²) in [5, 5.41) is 4.08. The number of anilines is 1. The number of rotatable bonds is 12. The predicted octanol–water partition coefficient (Wildman–Crippen LogP) is 7.85. The van der Waals surface area contributed by atoms with E-state index in [1.54, 1.807) is 36.4 Å². The number of hydrogen-bond donors (Lipinski definition) is 1. The smallest absolute Gasteiger partial charge is 0.264 e. The highest BCUT2D eigenvalue weighted by molar-refractivity contribution is 7.92. The van der Waals surface area contributed by atoms with E-state index in [1.165, 1.54) is 35.2 Å². The Morgan fingerprint density at radius 2 is 1.49 bits per heavy atom. The van der Waals surface area contributed by atoms with Gasteiger partial charge in [0.25, 0.3) is 10.0 Å². The first-order valence-electron chi connectivity index (χ1n) is 15.4. The second kappa shape index (κ2) is 15.6. The molecule has 1 aliphatic carbocycles. The van der Waals surface area contributed by atoms with Crippen LogP contribution in [0.2, 0.25) is 15.1 Å². The second-order valence-corrected chi connectivity index (χ2v) is 14.9. The van der Waals surface area contributed by atoms with Crippen molar-refractivity contribution >= 4 is 62.3 Å². The number of nitrogens with one attached hydrogen (secondary N) is 1. The van der Waals surface area contributed by atoms with Gasteiger partial charge in [-0.15, -0.1) is 0 Å². The fourth-order valence-corrected chi connectivity index (χ4v) is 7.54. The van der Waals surface area contributed by atoms with E-state index in [-0.39, 0.29) is 45.5 Å². The monoisotopic (exact) mass is 711 g/mol. The van der Waals surface area contributed by atoms with Crippen molar-refractivity contribution in [1.82, 2.24) is 10.2 Å². The number of sulfonamides is 1. The van der Waals surface area contributed by atoms with Gasteiger partial charge in [0.15, 0.2) is 0 Å². The summed E-state index contributed by atoms with van der Waals surface area (Å²) in [6.07, 6.45) is 4.02. The summed E-state index contributed by atoms with van der Waals surface area (Å²) in [7, 11) is -4.26. The number of carbonyl (C=O) groups is 2. The first kappa shape index (κ1) is 34.8. The summed E-state index contributed by atoms with van der Waals surface area (Å²) in [5.41, 5.74) is 2.64. The molecule has 1 N–H and O–H groups in total. The fourth-order valence-electron chi connectivity index (χ4n) is 5.71. The third-order valence-corrected chi connectivity index (χ3v) is 11.1. The zero-order valence-electron chi connectivity index (χ0n) is 25.9. The average Bonchev–Trinajstić information content (AvgIpc) is 3.57. The molecule has 5 rings (SSSR count). The van der Waals surface area contributed by atoms with Gasteiger partial charge in [0, 0.05) is 24.0 Å². The molecule has 11 heteroatoms. The molecule has 246 valence electrons. The van der Waals surface area contributed by atoms with Gasteiger partial charge in [-0.3, -0.25) is 13.9 Å². The molecule has 7 nitrogen and oxygen atoms in total. The quantitative estimate of drug-likeness (QED) is 0.162. The number of amides is 2. The molecule has 4 aromatic carbocycles. The lowest BCUT2D eigenvalue weighted by atomic mass is 10.0. The van der Waals surface area contributed by atoms with Gasteiger partial charge in [-0.25, -0.2) is 8.42 Å². The predicted molar refractivity (Wildman–Crippen MR) is 189 cm³/mol. The maximum Gasteiger partial charge on any atom is 0.264 e. The molecule has 47 heavy (non-hydrogen) atoms. The molecule has 1 aliphatic rings. The molecule has 1 atom stereocenters. The number of aryl methyl sites for hydroxylation is 1. The van der Waals surface area contributed by atoms with Crippen molar-refractivity contribution < 1.29 is 18.0 Å². The van der Waals surface area contributed by atoms with Gasteiger partial charge in [0.05, 0.1) is 20.6 Å². The Kier molecular flexibility index (Phi) is 11.5. The molecular weight excluding hydrogens is 677 g/mol. The average molecular weight is 713 g/mol. The van der Waals surface area contributed by atoms with Crippen LogP contribution < -0.4 is 9.62 Å². The SMILES string of the molecule is Cc1ccc(S(=O)(=O)N(CC(=O)N(Cc2ccc(Cl)cc2)C(Cc2ccccc2)C(=O)NC2CCCC2)c2ccc(Cl)c(Cl)c2)cc1. The van der Waals surface area contributed by atoms with Crippen molar-refractivity contribution in [3.63, 3.8) is 0 Å². The summed E-state index contributed by atoms with van der Waals surface area (Å²) in [5.74, 6) is -0.852. The van der Waals surface area contributed by atoms with E-state index in [9.17, 15) is 18.0 Å². The maximum atomic E-state index is 14.6. The molecule has 1 unspecified atom stereocenters. The lowest BCUT2D eigenvalue weighted by Gasteiger charge is -2.34. The van der Waals surface area contributed by atoms with Crippen LogP contribution in [0.25, 0.3) is 0 Å². The van der Waals surface area contributed by atoms with Gasteiger partial charge < -0.3 is 10.2 Å². The van der Waals surface area contributed by atoms with Crippen LogP contribution in [0.5, 0.6) is 0 Å². The molecule has 0 saturated heterocycles. The van der Waals surface area contributed by atoms with Crippen LogP contribution in [0.4, 0.5) is 5.69 Å². The van der Waals surface area contributed by atoms with Crippen molar-refractivity contribution in [2.24, 2.45) is 0 Å². The molecule has 2 amide bonds. The standard InChI is InChI=1S/C36H36Cl3N3O4S/c1-25-11-18-31(19-12-25)47(45,46)42(30-17-20-32(38)33(39)22-30)24-35(43)41(23-27-13-15-28(37)16-14-27)34(21-26-7-3-2-4-8-26)36(44)40-29-9-5-6-10-29/h2-4,7-8,11-20,22,29,34H,5-6,9-10,21,23-24H2,1H3,(H,40,44). The molecule has 1 fully saturated rings. The third kappa shape index (κ3) is 8.87. The van der Waals surface area contributed by atoms with Gasteiger partial charge in [-0.05, 0) is 73.4 Å². The van der Waals surface area contributed by atoms with E-state index in [0.717, 1.165) is 46.7 Å². The van der Waals surface area contributed by atoms with Gasteiger partial charge in [-0.2, -0.15) is 0 Å². The van der Waals surface area contributed by atoms with Gasteiger partial charge in [0.2, 0.25) is 11.8 Å². The molecule has 0 bridgehead atoms. The van der Waals surface area contributed by atoms with E-state index < -0.39 is 28.5 Å². The van der Waals surface area contributed by atoms with Crippen LogP contribution in [0.3, 0.4) is 0 Å². The zero-order chi connectivity index (χ0) is 33.6. The Balaban J connectivity index is 1.57. The van der Waals surface area contributed by atoms with Crippen molar-refractivity contribution in [2.45, 2.75) is 62.6 Å². The highest BCUT2D eigenvalue weighted by atomic mass is 35.5. The minimum Gasteiger partial charge on any atom is -0.352 e. The molecule has 0 aromatic heterocycles. The normalized spacial score (nSPS) is 14.0. The minimum atomic E-state index is -4.26. The molecule has 0 heterocycles. The minimum absolute atomic E-state index is 0.00559. The number of hydrogen-bond acceptors (Lipinski definition) is 4. The largest absolute Gasteiger partial charge is 0.352 e. The van der Waals surface area contributed by atoms with E-state index in [4.69, 9.17) is 34.8 Å². The lowest BCUT2D eigenvalue weighted by Crippen LogP contribution is -2.54. The van der Waals surface area contributed by atoms with E-state index >= 15 is 0 Å². The summed E-state index contributed by atoms with van der Waals surface area (Å²) in [6.45, 7) is 1.31. The van der Waals surface area contributed by atoms with Gasteiger partial charge in [-0.1, -0.05) is 108 Å². The number of carbonyl (C=O) groups excluding carboxylic acids is 2. The third-order valence-electron chi connectivity index (χ3n) is 8.32.